The van der Waals surface area contributed by atoms with E-state index in [4.69, 9.17) is 5.73 Å². The molecule has 1 fully saturated rings. The fourth-order valence-corrected chi connectivity index (χ4v) is 3.37. The highest BCUT2D eigenvalue weighted by Gasteiger charge is 2.26. The molecule has 3 heteroatoms. The van der Waals surface area contributed by atoms with Crippen LogP contribution >= 0.6 is 11.3 Å². The van der Waals surface area contributed by atoms with Gasteiger partial charge in [0.2, 0.25) is 0 Å². The lowest BCUT2D eigenvalue weighted by molar-refractivity contribution is 0.232. The average molecular weight is 224 g/mol. The Kier molecular flexibility index (Phi) is 3.76. The minimum Gasteiger partial charge on any atom is -0.323 e. The van der Waals surface area contributed by atoms with Gasteiger partial charge in [0, 0.05) is 17.1 Å². The van der Waals surface area contributed by atoms with Crippen molar-refractivity contribution in [1.82, 2.24) is 4.98 Å². The first kappa shape index (κ1) is 11.1. The number of thiazole rings is 1. The van der Waals surface area contributed by atoms with Gasteiger partial charge in [-0.3, -0.25) is 4.98 Å². The molecule has 0 amide bonds. The largest absolute Gasteiger partial charge is 0.323 e. The van der Waals surface area contributed by atoms with Crippen LogP contribution in [0.15, 0.2) is 11.7 Å². The Balaban J connectivity index is 1.98. The molecule has 15 heavy (non-hydrogen) atoms. The molecule has 1 aromatic rings. The van der Waals surface area contributed by atoms with Crippen molar-refractivity contribution in [2.24, 2.45) is 17.6 Å². The number of nitrogens with two attached hydrogens (primary N) is 1. The predicted octanol–water partition coefficient (Wildman–Crippen LogP) is 3.36. The second kappa shape index (κ2) is 5.08. The van der Waals surface area contributed by atoms with Gasteiger partial charge < -0.3 is 5.73 Å². The molecule has 2 nitrogen and oxygen atoms in total. The Morgan fingerprint density at radius 2 is 2.47 bits per heavy atom. The Morgan fingerprint density at radius 3 is 3.13 bits per heavy atom. The van der Waals surface area contributed by atoms with Gasteiger partial charge in [-0.2, -0.15) is 0 Å². The first-order valence-corrected chi connectivity index (χ1v) is 6.83. The van der Waals surface area contributed by atoms with Gasteiger partial charge in [-0.25, -0.2) is 0 Å². The Morgan fingerprint density at radius 1 is 1.60 bits per heavy atom. The minimum absolute atomic E-state index is 0.229. The molecule has 0 bridgehead atoms. The van der Waals surface area contributed by atoms with Gasteiger partial charge in [0.1, 0.15) is 0 Å². The van der Waals surface area contributed by atoms with Crippen LogP contribution in [0.4, 0.5) is 0 Å². The van der Waals surface area contributed by atoms with Crippen molar-refractivity contribution < 1.29 is 0 Å². The molecule has 3 unspecified atom stereocenters. The van der Waals surface area contributed by atoms with Crippen LogP contribution in [0.1, 0.15) is 49.9 Å². The zero-order valence-electron chi connectivity index (χ0n) is 9.36. The summed E-state index contributed by atoms with van der Waals surface area (Å²) in [6.07, 6.45) is 8.63. The lowest BCUT2D eigenvalue weighted by Crippen LogP contribution is -2.26. The first-order valence-electron chi connectivity index (χ1n) is 5.95. The molecule has 3 atom stereocenters. The molecule has 1 aliphatic rings. The van der Waals surface area contributed by atoms with Crippen molar-refractivity contribution in [3.05, 3.63) is 16.6 Å². The summed E-state index contributed by atoms with van der Waals surface area (Å²) in [5.74, 6) is 1.59. The van der Waals surface area contributed by atoms with Crippen molar-refractivity contribution >= 4 is 11.3 Å². The van der Waals surface area contributed by atoms with Gasteiger partial charge in [0.25, 0.3) is 0 Å². The van der Waals surface area contributed by atoms with Crippen LogP contribution in [0, 0.1) is 11.8 Å². The normalized spacial score (nSPS) is 28.9. The van der Waals surface area contributed by atoms with E-state index in [0.717, 1.165) is 5.92 Å². The van der Waals surface area contributed by atoms with Crippen molar-refractivity contribution in [2.75, 3.05) is 0 Å². The topological polar surface area (TPSA) is 38.9 Å². The Hall–Kier alpha value is -0.410. The summed E-state index contributed by atoms with van der Waals surface area (Å²) in [5.41, 5.74) is 8.19. The second-order valence-electron chi connectivity index (χ2n) is 4.63. The molecule has 1 aliphatic carbocycles. The molecule has 0 aliphatic heterocycles. The van der Waals surface area contributed by atoms with Gasteiger partial charge in [-0.15, -0.1) is 11.3 Å². The predicted molar refractivity (Wildman–Crippen MR) is 64.8 cm³/mol. The summed E-state index contributed by atoms with van der Waals surface area (Å²) < 4.78 is 0. The highest BCUT2D eigenvalue weighted by molar-refractivity contribution is 7.09. The standard InChI is InChI=1S/C12H20N2S/c1-2-9-4-3-5-10(6-9)12(13)11-7-14-8-15-11/h7-10,12H,2-6,13H2,1H3. The minimum atomic E-state index is 0.229. The van der Waals surface area contributed by atoms with E-state index in [1.807, 2.05) is 11.7 Å². The smallest absolute Gasteiger partial charge is 0.0794 e. The van der Waals surface area contributed by atoms with Crippen molar-refractivity contribution in [3.63, 3.8) is 0 Å². The molecule has 0 spiro atoms. The molecule has 1 saturated carbocycles. The van der Waals surface area contributed by atoms with E-state index < -0.39 is 0 Å². The fraction of sp³-hybridized carbons (Fsp3) is 0.750. The van der Waals surface area contributed by atoms with E-state index in [1.165, 1.54) is 37.0 Å². The maximum Gasteiger partial charge on any atom is 0.0794 e. The summed E-state index contributed by atoms with van der Waals surface area (Å²) in [6.45, 7) is 2.30. The molecule has 0 saturated heterocycles. The van der Waals surface area contributed by atoms with Crippen LogP contribution in [0.5, 0.6) is 0 Å². The molecule has 2 rings (SSSR count). The van der Waals surface area contributed by atoms with E-state index in [1.54, 1.807) is 11.3 Å². The van der Waals surface area contributed by atoms with Crippen molar-refractivity contribution in [2.45, 2.75) is 45.1 Å². The summed E-state index contributed by atoms with van der Waals surface area (Å²) >= 11 is 1.70. The molecule has 84 valence electrons. The number of hydrogen-bond acceptors (Lipinski definition) is 3. The quantitative estimate of drug-likeness (QED) is 0.855. The summed E-state index contributed by atoms with van der Waals surface area (Å²) in [5, 5.41) is 0. The van der Waals surface area contributed by atoms with Crippen LogP contribution in [0.25, 0.3) is 0 Å². The number of aromatic nitrogens is 1. The first-order chi connectivity index (χ1) is 7.31. The van der Waals surface area contributed by atoms with Crippen LogP contribution in [-0.4, -0.2) is 4.98 Å². The molecular formula is C12H20N2S. The molecule has 0 aromatic carbocycles. The third-order valence-electron chi connectivity index (χ3n) is 3.69. The summed E-state index contributed by atoms with van der Waals surface area (Å²) in [4.78, 5) is 5.38. The van der Waals surface area contributed by atoms with Crippen LogP contribution in [0.3, 0.4) is 0 Å². The highest BCUT2D eigenvalue weighted by Crippen LogP contribution is 2.37. The Bertz CT molecular complexity index is 284. The second-order valence-corrected chi connectivity index (χ2v) is 5.55. The van der Waals surface area contributed by atoms with Gasteiger partial charge in [0.15, 0.2) is 0 Å². The monoisotopic (exact) mass is 224 g/mol. The van der Waals surface area contributed by atoms with Crippen LogP contribution in [-0.2, 0) is 0 Å². The Labute approximate surface area is 95.9 Å². The van der Waals surface area contributed by atoms with E-state index in [2.05, 4.69) is 11.9 Å². The van der Waals surface area contributed by atoms with Crippen LogP contribution in [0.2, 0.25) is 0 Å². The molecule has 1 aromatic heterocycles. The maximum atomic E-state index is 6.30. The maximum absolute atomic E-state index is 6.30. The number of rotatable bonds is 3. The zero-order valence-corrected chi connectivity index (χ0v) is 10.2. The highest BCUT2D eigenvalue weighted by atomic mass is 32.1. The molecule has 0 radical (unpaired) electrons. The fourth-order valence-electron chi connectivity index (χ4n) is 2.65. The van der Waals surface area contributed by atoms with Gasteiger partial charge in [-0.05, 0) is 24.7 Å². The zero-order chi connectivity index (χ0) is 10.7. The van der Waals surface area contributed by atoms with Crippen molar-refractivity contribution in [1.29, 1.82) is 0 Å². The molecular weight excluding hydrogens is 204 g/mol. The number of nitrogens with zero attached hydrogens (tertiary/aromatic N) is 1. The van der Waals surface area contributed by atoms with Gasteiger partial charge in [-0.1, -0.05) is 26.2 Å². The lowest BCUT2D eigenvalue weighted by atomic mass is 9.77. The lowest BCUT2D eigenvalue weighted by Gasteiger charge is -2.31. The van der Waals surface area contributed by atoms with E-state index >= 15 is 0 Å². The van der Waals surface area contributed by atoms with Crippen LogP contribution < -0.4 is 5.73 Å². The van der Waals surface area contributed by atoms with Gasteiger partial charge in [0.05, 0.1) is 5.51 Å². The van der Waals surface area contributed by atoms with E-state index in [0.29, 0.717) is 5.92 Å². The third kappa shape index (κ3) is 2.58. The third-order valence-corrected chi connectivity index (χ3v) is 4.57. The average Bonchev–Trinajstić information content (AvgIpc) is 2.81. The van der Waals surface area contributed by atoms with E-state index in [9.17, 15) is 0 Å². The SMILES string of the molecule is CCC1CCCC(C(N)c2cncs2)C1. The van der Waals surface area contributed by atoms with Gasteiger partial charge >= 0.3 is 0 Å². The molecule has 1 heterocycles. The van der Waals surface area contributed by atoms with E-state index in [-0.39, 0.29) is 6.04 Å². The number of hydrogen-bond donors (Lipinski definition) is 1. The summed E-state index contributed by atoms with van der Waals surface area (Å²) in [7, 11) is 0. The summed E-state index contributed by atoms with van der Waals surface area (Å²) in [6, 6.07) is 0.229. The van der Waals surface area contributed by atoms with Crippen molar-refractivity contribution in [3.8, 4) is 0 Å². The molecule has 2 N–H and O–H groups in total.